The highest BCUT2D eigenvalue weighted by molar-refractivity contribution is 5.74. The molecule has 108 valence electrons. The number of rotatable bonds is 3. The van der Waals surface area contributed by atoms with Crippen molar-refractivity contribution in [1.82, 2.24) is 19.4 Å². The number of aryl methyl sites for hydroxylation is 2. The molecule has 0 saturated carbocycles. The van der Waals surface area contributed by atoms with Crippen molar-refractivity contribution in [2.24, 2.45) is 5.92 Å². The second kappa shape index (κ2) is 5.40. The second-order valence-electron chi connectivity index (χ2n) is 5.95. The molecule has 5 nitrogen and oxygen atoms in total. The number of pyridine rings is 1. The summed E-state index contributed by atoms with van der Waals surface area (Å²) in [4.78, 5) is 11.4. The maximum absolute atomic E-state index is 6.04. The third-order valence-electron chi connectivity index (χ3n) is 4.36. The minimum Gasteiger partial charge on any atom is -0.369 e. The van der Waals surface area contributed by atoms with Crippen molar-refractivity contribution >= 4 is 17.1 Å². The first-order valence-electron chi connectivity index (χ1n) is 7.41. The van der Waals surface area contributed by atoms with Gasteiger partial charge in [-0.25, -0.2) is 9.97 Å². The third-order valence-corrected chi connectivity index (χ3v) is 4.36. The topological polar surface area (TPSA) is 60.0 Å². The lowest BCUT2D eigenvalue weighted by Gasteiger charge is -2.29. The van der Waals surface area contributed by atoms with E-state index in [0.29, 0.717) is 5.95 Å². The number of likely N-dealkylation sites (tertiary alicyclic amines) is 1. The number of imidazole rings is 1. The minimum absolute atomic E-state index is 0.589. The Hall–Kier alpha value is -1.62. The molecule has 0 amide bonds. The molecule has 0 spiro atoms. The highest BCUT2D eigenvalue weighted by atomic mass is 15.2. The average molecular weight is 273 g/mol. The highest BCUT2D eigenvalue weighted by Gasteiger charge is 2.18. The van der Waals surface area contributed by atoms with Crippen LogP contribution in [0.5, 0.6) is 0 Å². The molecule has 2 aromatic heterocycles. The fourth-order valence-corrected chi connectivity index (χ4v) is 3.00. The van der Waals surface area contributed by atoms with Crippen molar-refractivity contribution in [2.75, 3.05) is 25.9 Å². The van der Waals surface area contributed by atoms with E-state index in [1.54, 1.807) is 0 Å². The van der Waals surface area contributed by atoms with E-state index in [4.69, 9.17) is 5.73 Å². The van der Waals surface area contributed by atoms with E-state index in [1.165, 1.54) is 32.4 Å². The van der Waals surface area contributed by atoms with Gasteiger partial charge in [-0.3, -0.25) is 4.57 Å². The zero-order valence-electron chi connectivity index (χ0n) is 12.3. The van der Waals surface area contributed by atoms with Gasteiger partial charge in [0.25, 0.3) is 0 Å². The van der Waals surface area contributed by atoms with E-state index in [9.17, 15) is 0 Å². The van der Waals surface area contributed by atoms with E-state index in [-0.39, 0.29) is 0 Å². The molecule has 0 bridgehead atoms. The molecule has 0 atom stereocenters. The monoisotopic (exact) mass is 273 g/mol. The lowest BCUT2D eigenvalue weighted by Crippen LogP contribution is -2.30. The van der Waals surface area contributed by atoms with Crippen LogP contribution in [0.2, 0.25) is 0 Å². The van der Waals surface area contributed by atoms with Crippen LogP contribution in [0.4, 0.5) is 5.95 Å². The number of hydrogen-bond acceptors (Lipinski definition) is 4. The van der Waals surface area contributed by atoms with Gasteiger partial charge in [-0.2, -0.15) is 0 Å². The quantitative estimate of drug-likeness (QED) is 0.930. The van der Waals surface area contributed by atoms with Crippen molar-refractivity contribution < 1.29 is 0 Å². The molecule has 3 heterocycles. The Morgan fingerprint density at radius 1 is 1.25 bits per heavy atom. The van der Waals surface area contributed by atoms with Crippen LogP contribution in [0.3, 0.4) is 0 Å². The Labute approximate surface area is 119 Å². The van der Waals surface area contributed by atoms with Gasteiger partial charge in [0.05, 0.1) is 0 Å². The van der Waals surface area contributed by atoms with Crippen molar-refractivity contribution in [2.45, 2.75) is 32.7 Å². The van der Waals surface area contributed by atoms with Crippen molar-refractivity contribution in [1.29, 1.82) is 0 Å². The van der Waals surface area contributed by atoms with Gasteiger partial charge in [0.1, 0.15) is 5.52 Å². The molecule has 0 aliphatic carbocycles. The molecule has 20 heavy (non-hydrogen) atoms. The predicted octanol–water partition coefficient (Wildman–Crippen LogP) is 2.05. The van der Waals surface area contributed by atoms with Gasteiger partial charge in [0, 0.05) is 12.2 Å². The third kappa shape index (κ3) is 2.63. The number of nitrogens with two attached hydrogens (primary N) is 1. The van der Waals surface area contributed by atoms with E-state index in [1.807, 2.05) is 19.1 Å². The summed E-state index contributed by atoms with van der Waals surface area (Å²) in [5.41, 5.74) is 8.88. The molecular weight excluding hydrogens is 250 g/mol. The van der Waals surface area contributed by atoms with Crippen LogP contribution in [0.15, 0.2) is 12.1 Å². The number of anilines is 1. The fourth-order valence-electron chi connectivity index (χ4n) is 3.00. The zero-order valence-corrected chi connectivity index (χ0v) is 12.3. The van der Waals surface area contributed by atoms with Crippen molar-refractivity contribution in [3.63, 3.8) is 0 Å². The summed E-state index contributed by atoms with van der Waals surface area (Å²) in [5, 5.41) is 0. The molecule has 3 rings (SSSR count). The van der Waals surface area contributed by atoms with Crippen molar-refractivity contribution in [3.8, 4) is 0 Å². The number of nitrogens with zero attached hydrogens (tertiary/aromatic N) is 4. The Bertz CT molecular complexity index is 596. The average Bonchev–Trinajstić information content (AvgIpc) is 2.73. The van der Waals surface area contributed by atoms with E-state index in [0.717, 1.165) is 29.3 Å². The molecule has 2 N–H and O–H groups in total. The Balaban J connectivity index is 1.74. The maximum Gasteiger partial charge on any atom is 0.202 e. The van der Waals surface area contributed by atoms with Crippen molar-refractivity contribution in [3.05, 3.63) is 17.8 Å². The van der Waals surface area contributed by atoms with Crippen LogP contribution >= 0.6 is 0 Å². The van der Waals surface area contributed by atoms with Gasteiger partial charge in [-0.05, 0) is 64.4 Å². The lowest BCUT2D eigenvalue weighted by atomic mass is 9.94. The van der Waals surface area contributed by atoms with Crippen LogP contribution in [0, 0.1) is 12.8 Å². The van der Waals surface area contributed by atoms with Gasteiger partial charge in [0.2, 0.25) is 5.95 Å². The van der Waals surface area contributed by atoms with E-state index < -0.39 is 0 Å². The first-order chi connectivity index (χ1) is 9.63. The number of aromatic nitrogens is 3. The summed E-state index contributed by atoms with van der Waals surface area (Å²) in [5.74, 6) is 1.39. The second-order valence-corrected chi connectivity index (χ2v) is 5.95. The van der Waals surface area contributed by atoms with Crippen LogP contribution in [0.25, 0.3) is 11.2 Å². The van der Waals surface area contributed by atoms with E-state index in [2.05, 4.69) is 26.5 Å². The Kier molecular flexibility index (Phi) is 3.61. The molecule has 1 aliphatic rings. The molecule has 0 unspecified atom stereocenters. The molecule has 0 aromatic carbocycles. The summed E-state index contributed by atoms with van der Waals surface area (Å²) < 4.78 is 2.07. The number of piperidine rings is 1. The summed E-state index contributed by atoms with van der Waals surface area (Å²) in [6, 6.07) is 3.98. The fraction of sp³-hybridized carbons (Fsp3) is 0.600. The maximum atomic E-state index is 6.04. The summed E-state index contributed by atoms with van der Waals surface area (Å²) in [6.07, 6.45) is 3.74. The summed E-state index contributed by atoms with van der Waals surface area (Å²) in [6.45, 7) is 5.35. The van der Waals surface area contributed by atoms with E-state index >= 15 is 0 Å². The zero-order chi connectivity index (χ0) is 14.1. The lowest BCUT2D eigenvalue weighted by molar-refractivity contribution is 0.208. The standard InChI is InChI=1S/C15H23N5/c1-11-3-4-13-14(17-11)20(15(16)18-13)10-7-12-5-8-19(2)9-6-12/h3-4,12H,5-10H2,1-2H3,(H2,16,18). The number of fused-ring (bicyclic) bond motifs is 1. The largest absolute Gasteiger partial charge is 0.369 e. The first kappa shape index (κ1) is 13.4. The molecule has 0 radical (unpaired) electrons. The molecule has 2 aromatic rings. The smallest absolute Gasteiger partial charge is 0.202 e. The molecule has 1 saturated heterocycles. The van der Waals surface area contributed by atoms with Crippen LogP contribution < -0.4 is 5.73 Å². The predicted molar refractivity (Wildman–Crippen MR) is 81.5 cm³/mol. The van der Waals surface area contributed by atoms with Crippen LogP contribution in [0.1, 0.15) is 25.0 Å². The first-order valence-corrected chi connectivity index (χ1v) is 7.41. The SMILES string of the molecule is Cc1ccc2nc(N)n(CCC3CCN(C)CC3)c2n1. The van der Waals surface area contributed by atoms with Gasteiger partial charge in [-0.15, -0.1) is 0 Å². The van der Waals surface area contributed by atoms with Crippen LogP contribution in [-0.2, 0) is 6.54 Å². The normalized spacial score (nSPS) is 17.9. The number of nitrogen functional groups attached to an aromatic ring is 1. The van der Waals surface area contributed by atoms with Gasteiger partial charge in [0.15, 0.2) is 5.65 Å². The Morgan fingerprint density at radius 2 is 2.00 bits per heavy atom. The summed E-state index contributed by atoms with van der Waals surface area (Å²) in [7, 11) is 2.20. The number of hydrogen-bond donors (Lipinski definition) is 1. The minimum atomic E-state index is 0.589. The molecule has 5 heteroatoms. The molecule has 1 fully saturated rings. The summed E-state index contributed by atoms with van der Waals surface area (Å²) >= 11 is 0. The van der Waals surface area contributed by atoms with Gasteiger partial charge in [-0.1, -0.05) is 0 Å². The highest BCUT2D eigenvalue weighted by Crippen LogP contribution is 2.23. The van der Waals surface area contributed by atoms with Crippen LogP contribution in [-0.4, -0.2) is 39.6 Å². The van der Waals surface area contributed by atoms with Gasteiger partial charge >= 0.3 is 0 Å². The molecular formula is C15H23N5. The van der Waals surface area contributed by atoms with Gasteiger partial charge < -0.3 is 10.6 Å². The molecule has 1 aliphatic heterocycles. The Morgan fingerprint density at radius 3 is 2.75 bits per heavy atom.